The molecule has 9 atom stereocenters. The molecule has 0 aromatic carbocycles. The number of ether oxygens (including phenoxy) is 1. The molecule has 1 amide bonds. The van der Waals surface area contributed by atoms with Crippen LogP contribution in [0.1, 0.15) is 98.8 Å². The lowest BCUT2D eigenvalue weighted by Crippen LogP contribution is -3.00. The molecule has 0 spiro atoms. The minimum atomic E-state index is -0.482. The van der Waals surface area contributed by atoms with E-state index in [1.54, 1.807) is 0 Å². The van der Waals surface area contributed by atoms with Crippen molar-refractivity contribution in [1.82, 2.24) is 5.32 Å². The van der Waals surface area contributed by atoms with Gasteiger partial charge in [0, 0.05) is 11.8 Å². The number of carbonyl (C=O) groups excluding carboxylic acids is 1. The molecule has 7 nitrogen and oxygen atoms in total. The molecular formula is C35H63BrN2O5. The summed E-state index contributed by atoms with van der Waals surface area (Å²) in [5.74, 6) is 4.18. The smallest absolute Gasteiger partial charge is 0.407 e. The van der Waals surface area contributed by atoms with Crippen LogP contribution in [0.2, 0.25) is 0 Å². The van der Waals surface area contributed by atoms with E-state index in [-0.39, 0.29) is 41.7 Å². The number of nitrogens with one attached hydrogen (secondary N) is 1. The molecule has 4 aliphatic carbocycles. The Morgan fingerprint density at radius 3 is 2.42 bits per heavy atom. The average molecular weight is 672 g/mol. The van der Waals surface area contributed by atoms with Crippen molar-refractivity contribution in [3.63, 3.8) is 0 Å². The van der Waals surface area contributed by atoms with Crippen molar-refractivity contribution >= 4 is 6.09 Å². The molecule has 0 aromatic rings. The predicted molar refractivity (Wildman–Crippen MR) is 168 cm³/mol. The molecule has 3 saturated carbocycles. The third kappa shape index (κ3) is 7.84. The van der Waals surface area contributed by atoms with Crippen molar-refractivity contribution in [3.05, 3.63) is 11.6 Å². The minimum absolute atomic E-state index is 0. The summed E-state index contributed by atoms with van der Waals surface area (Å²) in [5, 5.41) is 32.7. The first-order valence-corrected chi connectivity index (χ1v) is 17.2. The molecule has 4 rings (SSSR count). The number of hydrogen-bond acceptors (Lipinski definition) is 5. The molecule has 0 radical (unpaired) electrons. The summed E-state index contributed by atoms with van der Waals surface area (Å²) in [4.78, 5) is 13.1. The molecule has 0 saturated heterocycles. The summed E-state index contributed by atoms with van der Waals surface area (Å²) in [6, 6.07) is 0. The fourth-order valence-corrected chi connectivity index (χ4v) is 10.3. The highest BCUT2D eigenvalue weighted by Gasteiger charge is 2.61. The number of nitrogens with zero attached hydrogens (tertiary/aromatic N) is 1. The van der Waals surface area contributed by atoms with Crippen molar-refractivity contribution < 1.29 is 46.3 Å². The maximum atomic E-state index is 13.1. The summed E-state index contributed by atoms with van der Waals surface area (Å²) in [6.07, 6.45) is 12.6. The van der Waals surface area contributed by atoms with Crippen molar-refractivity contribution in [2.24, 2.45) is 46.3 Å². The standard InChI is InChI=1S/C35H62N2O5.BrH/c1-24(2)8-7-9-25(3)29-12-13-30-28-11-10-26-22-27(40)23-32(35(26,5)31(28)14-15-34(29,30)4)42-33(41)36-16-17-37(6,18-20-38)19-21-39;/h10,24-25,27-32,38-40H,7-9,11-23H2,1-6H3;1H/t25-,27-,28+,29-,30+,31+,32?,34-,35+;/m1./s1. The number of alkyl carbamates (subject to hydrolysis) is 1. The summed E-state index contributed by atoms with van der Waals surface area (Å²) in [7, 11) is 1.98. The van der Waals surface area contributed by atoms with Gasteiger partial charge in [-0.1, -0.05) is 65.5 Å². The second-order valence-corrected chi connectivity index (χ2v) is 15.8. The van der Waals surface area contributed by atoms with Gasteiger partial charge in [-0.05, 0) is 79.4 Å². The lowest BCUT2D eigenvalue weighted by atomic mass is 9.46. The zero-order valence-electron chi connectivity index (χ0n) is 28.0. The number of quaternary nitrogens is 1. The summed E-state index contributed by atoms with van der Waals surface area (Å²) in [6.45, 7) is 14.3. The van der Waals surface area contributed by atoms with Crippen molar-refractivity contribution in [3.8, 4) is 0 Å². The van der Waals surface area contributed by atoms with E-state index in [4.69, 9.17) is 4.74 Å². The normalized spacial score (nSPS) is 36.1. The van der Waals surface area contributed by atoms with Gasteiger partial charge < -0.3 is 46.8 Å². The molecule has 1 unspecified atom stereocenters. The van der Waals surface area contributed by atoms with Gasteiger partial charge in [-0.2, -0.15) is 0 Å². The molecule has 3 fully saturated rings. The van der Waals surface area contributed by atoms with Crippen LogP contribution in [-0.2, 0) is 4.74 Å². The van der Waals surface area contributed by atoms with E-state index in [1.165, 1.54) is 50.5 Å². The van der Waals surface area contributed by atoms with Gasteiger partial charge in [-0.15, -0.1) is 0 Å². The summed E-state index contributed by atoms with van der Waals surface area (Å²) < 4.78 is 6.71. The van der Waals surface area contributed by atoms with Gasteiger partial charge in [0.25, 0.3) is 0 Å². The van der Waals surface area contributed by atoms with Crippen molar-refractivity contribution in [2.45, 2.75) is 111 Å². The first-order valence-electron chi connectivity index (χ1n) is 17.2. The Kier molecular flexibility index (Phi) is 13.1. The highest BCUT2D eigenvalue weighted by molar-refractivity contribution is 5.67. The molecule has 8 heteroatoms. The van der Waals surface area contributed by atoms with E-state index < -0.39 is 12.2 Å². The van der Waals surface area contributed by atoms with E-state index in [0.29, 0.717) is 60.8 Å². The molecule has 0 heterocycles. The second kappa shape index (κ2) is 15.3. The molecule has 4 N–H and O–H groups in total. The van der Waals surface area contributed by atoms with Crippen LogP contribution in [0.4, 0.5) is 4.79 Å². The number of amides is 1. The molecule has 43 heavy (non-hydrogen) atoms. The van der Waals surface area contributed by atoms with Gasteiger partial charge in [-0.3, -0.25) is 0 Å². The zero-order valence-corrected chi connectivity index (χ0v) is 29.6. The Bertz CT molecular complexity index is 939. The Morgan fingerprint density at radius 1 is 1.07 bits per heavy atom. The van der Waals surface area contributed by atoms with Crippen molar-refractivity contribution in [2.75, 3.05) is 46.4 Å². The number of allylic oxidation sites excluding steroid dienone is 1. The number of aliphatic hydroxyl groups excluding tert-OH is 3. The number of fused-ring (bicyclic) bond motifs is 5. The summed E-state index contributed by atoms with van der Waals surface area (Å²) in [5.41, 5.74) is 1.46. The molecule has 250 valence electrons. The van der Waals surface area contributed by atoms with E-state index in [0.717, 1.165) is 30.1 Å². The molecule has 0 bridgehead atoms. The van der Waals surface area contributed by atoms with Crippen LogP contribution in [0.3, 0.4) is 0 Å². The average Bonchev–Trinajstić information content (AvgIpc) is 3.27. The number of rotatable bonds is 13. The van der Waals surface area contributed by atoms with Gasteiger partial charge in [0.1, 0.15) is 19.2 Å². The van der Waals surface area contributed by atoms with Crippen molar-refractivity contribution in [1.29, 1.82) is 0 Å². The van der Waals surface area contributed by atoms with Gasteiger partial charge in [-0.25, -0.2) is 4.79 Å². The van der Waals surface area contributed by atoms with Gasteiger partial charge in [0.2, 0.25) is 0 Å². The van der Waals surface area contributed by atoms with E-state index >= 15 is 0 Å². The molecular weight excluding hydrogens is 608 g/mol. The van der Waals surface area contributed by atoms with Crippen LogP contribution >= 0.6 is 0 Å². The van der Waals surface area contributed by atoms with Crippen LogP contribution in [0.5, 0.6) is 0 Å². The highest BCUT2D eigenvalue weighted by Crippen LogP contribution is 2.67. The highest BCUT2D eigenvalue weighted by atomic mass is 79.9. The molecule has 0 aromatic heterocycles. The number of hydrogen-bond donors (Lipinski definition) is 4. The Morgan fingerprint density at radius 2 is 1.77 bits per heavy atom. The van der Waals surface area contributed by atoms with Gasteiger partial charge in [0.05, 0.1) is 39.5 Å². The SMILES string of the molecule is CC(C)CCC[C@@H](C)[C@H]1CC[C@H]2[C@@H]3CC=C4C[C@@H](O)CC(OC(=O)NCC[N+](C)(CCO)CCO)[C@]4(C)[C@H]3CC[C@]12C.[Br-]. The Labute approximate surface area is 272 Å². The minimum Gasteiger partial charge on any atom is -1.00 e. The van der Waals surface area contributed by atoms with Gasteiger partial charge in [0.15, 0.2) is 0 Å². The van der Waals surface area contributed by atoms with Crippen LogP contribution in [0.15, 0.2) is 11.6 Å². The predicted octanol–water partition coefficient (Wildman–Crippen LogP) is 2.53. The first-order chi connectivity index (χ1) is 19.9. The van der Waals surface area contributed by atoms with Crippen LogP contribution in [-0.4, -0.2) is 84.5 Å². The number of likely N-dealkylation sites (N-methyl/N-ethyl adjacent to an activating group) is 1. The largest absolute Gasteiger partial charge is 1.00 e. The number of halogens is 1. The molecule has 0 aliphatic heterocycles. The maximum Gasteiger partial charge on any atom is 0.407 e. The maximum absolute atomic E-state index is 13.1. The number of aliphatic hydroxyl groups is 3. The third-order valence-corrected chi connectivity index (χ3v) is 12.8. The van der Waals surface area contributed by atoms with Crippen LogP contribution in [0, 0.1) is 46.3 Å². The van der Waals surface area contributed by atoms with E-state index in [9.17, 15) is 20.1 Å². The van der Waals surface area contributed by atoms with Crippen LogP contribution in [0.25, 0.3) is 0 Å². The monoisotopic (exact) mass is 670 g/mol. The van der Waals surface area contributed by atoms with Crippen LogP contribution < -0.4 is 22.3 Å². The zero-order chi connectivity index (χ0) is 30.7. The van der Waals surface area contributed by atoms with Gasteiger partial charge >= 0.3 is 6.09 Å². The lowest BCUT2D eigenvalue weighted by molar-refractivity contribution is -0.908. The van der Waals surface area contributed by atoms with E-state index in [1.807, 2.05) is 7.05 Å². The third-order valence-electron chi connectivity index (χ3n) is 12.8. The number of carbonyl (C=O) groups is 1. The Balaban J connectivity index is 0.00000506. The molecule has 4 aliphatic rings. The topological polar surface area (TPSA) is 99.0 Å². The lowest BCUT2D eigenvalue weighted by Gasteiger charge is -2.60. The fourth-order valence-electron chi connectivity index (χ4n) is 10.3. The Hall–Kier alpha value is -0.670. The first kappa shape index (κ1) is 36.8. The second-order valence-electron chi connectivity index (χ2n) is 15.8. The quantitative estimate of drug-likeness (QED) is 0.178. The fraction of sp³-hybridized carbons (Fsp3) is 0.914. The summed E-state index contributed by atoms with van der Waals surface area (Å²) >= 11 is 0. The van der Waals surface area contributed by atoms with E-state index in [2.05, 4.69) is 46.0 Å².